The van der Waals surface area contributed by atoms with Crippen molar-refractivity contribution in [3.63, 3.8) is 0 Å². The Kier molecular flexibility index (Phi) is 4.23. The zero-order valence-electron chi connectivity index (χ0n) is 11.1. The van der Waals surface area contributed by atoms with Gasteiger partial charge in [-0.25, -0.2) is 8.42 Å². The molecule has 2 N–H and O–H groups in total. The Morgan fingerprint density at radius 3 is 2.68 bits per heavy atom. The highest BCUT2D eigenvalue weighted by Gasteiger charge is 2.34. The van der Waals surface area contributed by atoms with Gasteiger partial charge in [0.05, 0.1) is 4.90 Å². The molecule has 1 aromatic carbocycles. The minimum absolute atomic E-state index is 0.0311. The number of halogens is 1. The van der Waals surface area contributed by atoms with E-state index in [1.54, 1.807) is 16.4 Å². The molecule has 1 aromatic rings. The lowest BCUT2D eigenvalue weighted by molar-refractivity contribution is 0.202. The van der Waals surface area contributed by atoms with E-state index < -0.39 is 10.0 Å². The van der Waals surface area contributed by atoms with Crippen LogP contribution in [0, 0.1) is 5.92 Å². The molecule has 2 unspecified atom stereocenters. The van der Waals surface area contributed by atoms with Crippen LogP contribution in [0.5, 0.6) is 0 Å². The lowest BCUT2D eigenvalue weighted by Crippen LogP contribution is -2.45. The number of hydrogen-bond acceptors (Lipinski definition) is 3. The fourth-order valence-electron chi connectivity index (χ4n) is 2.45. The molecule has 6 heteroatoms. The van der Waals surface area contributed by atoms with E-state index in [0.29, 0.717) is 22.6 Å². The SMILES string of the molecule is CC1CCCN(S(=O)(=O)c2ccc(Br)c(N)c2)C1C. The van der Waals surface area contributed by atoms with Gasteiger partial charge in [-0.05, 0) is 59.8 Å². The largest absolute Gasteiger partial charge is 0.398 e. The molecule has 0 spiro atoms. The van der Waals surface area contributed by atoms with Gasteiger partial charge in [-0.2, -0.15) is 4.31 Å². The molecule has 0 aromatic heterocycles. The molecule has 1 saturated heterocycles. The Balaban J connectivity index is 2.38. The van der Waals surface area contributed by atoms with Crippen molar-refractivity contribution in [3.8, 4) is 0 Å². The lowest BCUT2D eigenvalue weighted by atomic mass is 9.94. The van der Waals surface area contributed by atoms with Gasteiger partial charge in [0.1, 0.15) is 0 Å². The van der Waals surface area contributed by atoms with Crippen LogP contribution in [0.25, 0.3) is 0 Å². The average Bonchev–Trinajstić information content (AvgIpc) is 2.35. The zero-order chi connectivity index (χ0) is 14.2. The summed E-state index contributed by atoms with van der Waals surface area (Å²) in [5.41, 5.74) is 6.22. The molecule has 1 heterocycles. The highest BCUT2D eigenvalue weighted by Crippen LogP contribution is 2.30. The highest BCUT2D eigenvalue weighted by atomic mass is 79.9. The Bertz CT molecular complexity index is 574. The molecule has 1 aliphatic rings. The maximum atomic E-state index is 12.7. The summed E-state index contributed by atoms with van der Waals surface area (Å²) in [7, 11) is -3.45. The van der Waals surface area contributed by atoms with E-state index in [1.807, 2.05) is 6.92 Å². The second kappa shape index (κ2) is 5.42. The van der Waals surface area contributed by atoms with Gasteiger partial charge in [0, 0.05) is 22.7 Å². The van der Waals surface area contributed by atoms with E-state index in [4.69, 9.17) is 5.73 Å². The molecule has 0 saturated carbocycles. The second-order valence-corrected chi connectivity index (χ2v) is 7.90. The molecule has 4 nitrogen and oxygen atoms in total. The van der Waals surface area contributed by atoms with Gasteiger partial charge < -0.3 is 5.73 Å². The van der Waals surface area contributed by atoms with Crippen molar-refractivity contribution in [3.05, 3.63) is 22.7 Å². The number of anilines is 1. The van der Waals surface area contributed by atoms with Crippen LogP contribution in [0.4, 0.5) is 5.69 Å². The number of hydrogen-bond donors (Lipinski definition) is 1. The standard InChI is InChI=1S/C13H19BrN2O2S/c1-9-4-3-7-16(10(9)2)19(17,18)11-5-6-12(14)13(15)8-11/h5-6,8-10H,3-4,7,15H2,1-2H3. The van der Waals surface area contributed by atoms with E-state index in [9.17, 15) is 8.42 Å². The molecule has 2 rings (SSSR count). The van der Waals surface area contributed by atoms with Gasteiger partial charge in [-0.15, -0.1) is 0 Å². The van der Waals surface area contributed by atoms with Crippen molar-refractivity contribution in [1.82, 2.24) is 4.31 Å². The zero-order valence-corrected chi connectivity index (χ0v) is 13.5. The van der Waals surface area contributed by atoms with E-state index in [-0.39, 0.29) is 10.9 Å². The fraction of sp³-hybridized carbons (Fsp3) is 0.538. The molecule has 0 bridgehead atoms. The van der Waals surface area contributed by atoms with Gasteiger partial charge in [0.2, 0.25) is 10.0 Å². The van der Waals surface area contributed by atoms with Crippen LogP contribution in [-0.2, 0) is 10.0 Å². The summed E-state index contributed by atoms with van der Waals surface area (Å²) >= 11 is 3.28. The summed E-state index contributed by atoms with van der Waals surface area (Å²) in [6.07, 6.45) is 1.99. The van der Waals surface area contributed by atoms with E-state index in [2.05, 4.69) is 22.9 Å². The minimum atomic E-state index is -3.45. The quantitative estimate of drug-likeness (QED) is 0.837. The predicted octanol–water partition coefficient (Wildman–Crippen LogP) is 2.84. The van der Waals surface area contributed by atoms with Crippen LogP contribution in [-0.4, -0.2) is 25.3 Å². The first kappa shape index (κ1) is 14.8. The number of nitrogen functional groups attached to an aromatic ring is 1. The first-order chi connectivity index (χ1) is 8.84. The van der Waals surface area contributed by atoms with Crippen molar-refractivity contribution in [2.45, 2.75) is 37.6 Å². The highest BCUT2D eigenvalue weighted by molar-refractivity contribution is 9.10. The van der Waals surface area contributed by atoms with Crippen molar-refractivity contribution in [1.29, 1.82) is 0 Å². The molecule has 1 aliphatic heterocycles. The van der Waals surface area contributed by atoms with Crippen LogP contribution in [0.3, 0.4) is 0 Å². The molecule has 0 radical (unpaired) electrons. The summed E-state index contributed by atoms with van der Waals surface area (Å²) in [6, 6.07) is 4.83. The van der Waals surface area contributed by atoms with Gasteiger partial charge in [-0.3, -0.25) is 0 Å². The number of sulfonamides is 1. The summed E-state index contributed by atoms with van der Waals surface area (Å²) in [4.78, 5) is 0.272. The maximum Gasteiger partial charge on any atom is 0.243 e. The van der Waals surface area contributed by atoms with Gasteiger partial charge in [0.15, 0.2) is 0 Å². The molecule has 0 amide bonds. The van der Waals surface area contributed by atoms with Crippen LogP contribution in [0.1, 0.15) is 26.7 Å². The van der Waals surface area contributed by atoms with E-state index in [1.165, 1.54) is 6.07 Å². The number of rotatable bonds is 2. The average molecular weight is 347 g/mol. The van der Waals surface area contributed by atoms with Crippen LogP contribution in [0.2, 0.25) is 0 Å². The normalized spacial score (nSPS) is 25.4. The summed E-state index contributed by atoms with van der Waals surface area (Å²) in [6.45, 7) is 4.66. The Labute approximate surface area is 123 Å². The molecule has 19 heavy (non-hydrogen) atoms. The smallest absolute Gasteiger partial charge is 0.243 e. The number of nitrogens with zero attached hydrogens (tertiary/aromatic N) is 1. The number of benzene rings is 1. The number of piperidine rings is 1. The van der Waals surface area contributed by atoms with E-state index >= 15 is 0 Å². The summed E-state index contributed by atoms with van der Waals surface area (Å²) < 4.78 is 27.6. The number of nitrogens with two attached hydrogens (primary N) is 1. The Morgan fingerprint density at radius 2 is 2.05 bits per heavy atom. The minimum Gasteiger partial charge on any atom is -0.398 e. The summed E-state index contributed by atoms with van der Waals surface area (Å²) in [5, 5.41) is 0. The lowest BCUT2D eigenvalue weighted by Gasteiger charge is -2.36. The van der Waals surface area contributed by atoms with Gasteiger partial charge >= 0.3 is 0 Å². The Morgan fingerprint density at radius 1 is 1.37 bits per heavy atom. The topological polar surface area (TPSA) is 63.4 Å². The molecule has 0 aliphatic carbocycles. The molecule has 2 atom stereocenters. The first-order valence-electron chi connectivity index (χ1n) is 6.41. The van der Waals surface area contributed by atoms with Gasteiger partial charge in [0.25, 0.3) is 0 Å². The summed E-state index contributed by atoms with van der Waals surface area (Å²) in [5.74, 6) is 0.385. The van der Waals surface area contributed by atoms with Gasteiger partial charge in [-0.1, -0.05) is 6.92 Å². The van der Waals surface area contributed by atoms with Crippen molar-refractivity contribution >= 4 is 31.6 Å². The maximum absolute atomic E-state index is 12.7. The third kappa shape index (κ3) is 2.80. The molecular weight excluding hydrogens is 328 g/mol. The third-order valence-corrected chi connectivity index (χ3v) is 6.59. The van der Waals surface area contributed by atoms with Crippen LogP contribution in [0.15, 0.2) is 27.6 Å². The van der Waals surface area contributed by atoms with Crippen molar-refractivity contribution in [2.75, 3.05) is 12.3 Å². The molecular formula is C13H19BrN2O2S. The first-order valence-corrected chi connectivity index (χ1v) is 8.64. The molecule has 106 valence electrons. The predicted molar refractivity (Wildman–Crippen MR) is 80.3 cm³/mol. The Hall–Kier alpha value is -0.590. The second-order valence-electron chi connectivity index (χ2n) is 5.16. The third-order valence-electron chi connectivity index (χ3n) is 3.89. The van der Waals surface area contributed by atoms with E-state index in [0.717, 1.165) is 12.8 Å². The molecule has 1 fully saturated rings. The van der Waals surface area contributed by atoms with Crippen molar-refractivity contribution in [2.24, 2.45) is 5.92 Å². The monoisotopic (exact) mass is 346 g/mol. The fourth-order valence-corrected chi connectivity index (χ4v) is 4.50. The van der Waals surface area contributed by atoms with Crippen LogP contribution >= 0.6 is 15.9 Å². The van der Waals surface area contributed by atoms with Crippen LogP contribution < -0.4 is 5.73 Å². The van der Waals surface area contributed by atoms with Crippen molar-refractivity contribution < 1.29 is 8.42 Å².